The van der Waals surface area contributed by atoms with Gasteiger partial charge in [-0.2, -0.15) is 0 Å². The molecule has 6 atom stereocenters. The number of carbonyl (C=O) groups excluding carboxylic acids is 2. The second kappa shape index (κ2) is 11.2. The molecule has 4 unspecified atom stereocenters. The Morgan fingerprint density at radius 3 is 1.69 bits per heavy atom. The summed E-state index contributed by atoms with van der Waals surface area (Å²) in [7, 11) is 0. The van der Waals surface area contributed by atoms with E-state index in [2.05, 4.69) is 9.98 Å². The number of nitrogens with zero attached hydrogens (tertiary/aromatic N) is 2. The minimum Gasteiger partial charge on any atom is -0.467 e. The number of hydrogen-bond acceptors (Lipinski definition) is 10. The maximum Gasteiger partial charge on any atom is 0.234 e. The van der Waals surface area contributed by atoms with Crippen molar-refractivity contribution in [2.45, 2.75) is 49.5 Å². The summed E-state index contributed by atoms with van der Waals surface area (Å²) >= 11 is 0. The van der Waals surface area contributed by atoms with Crippen molar-refractivity contribution in [3.05, 3.63) is 48.3 Å². The van der Waals surface area contributed by atoms with Crippen LogP contribution in [0.5, 0.6) is 0 Å². The lowest BCUT2D eigenvalue weighted by Crippen LogP contribution is -2.35. The van der Waals surface area contributed by atoms with Crippen LogP contribution in [0.25, 0.3) is 0 Å². The van der Waals surface area contributed by atoms with Gasteiger partial charge in [-0.1, -0.05) is 0 Å². The molecule has 2 saturated heterocycles. The van der Waals surface area contributed by atoms with Crippen LogP contribution >= 0.6 is 0 Å². The zero-order valence-corrected chi connectivity index (χ0v) is 17.3. The molecule has 0 bridgehead atoms. The lowest BCUT2D eigenvalue weighted by atomic mass is 10.1. The number of fused-ring (bicyclic) bond motifs is 1. The van der Waals surface area contributed by atoms with Gasteiger partial charge in [0.1, 0.15) is 48.1 Å². The van der Waals surface area contributed by atoms with E-state index in [1.165, 1.54) is 12.2 Å². The molecule has 2 aliphatic rings. The van der Waals surface area contributed by atoms with Gasteiger partial charge in [0.25, 0.3) is 0 Å². The van der Waals surface area contributed by atoms with Crippen molar-refractivity contribution in [2.75, 3.05) is 26.3 Å². The fourth-order valence-electron chi connectivity index (χ4n) is 4.04. The number of hydrogen-bond donors (Lipinski definition) is 0. The molecule has 2 aromatic heterocycles. The first-order chi connectivity index (χ1) is 15.8. The van der Waals surface area contributed by atoms with Gasteiger partial charge in [0, 0.05) is 12.8 Å². The largest absolute Gasteiger partial charge is 0.467 e. The fourth-order valence-corrected chi connectivity index (χ4v) is 4.04. The third kappa shape index (κ3) is 5.31. The van der Waals surface area contributed by atoms with Gasteiger partial charge in [-0.15, -0.1) is 0 Å². The summed E-state index contributed by atoms with van der Waals surface area (Å²) in [5, 5.41) is 0. The van der Waals surface area contributed by atoms with Crippen LogP contribution in [0.2, 0.25) is 0 Å². The zero-order valence-electron chi connectivity index (χ0n) is 17.3. The van der Waals surface area contributed by atoms with Crippen molar-refractivity contribution in [2.24, 2.45) is 9.98 Å². The van der Waals surface area contributed by atoms with Crippen LogP contribution < -0.4 is 0 Å². The van der Waals surface area contributed by atoms with Crippen LogP contribution in [0, 0.1) is 0 Å². The topological polar surface area (TPSA) is 122 Å². The average molecular weight is 444 g/mol. The molecule has 4 heterocycles. The van der Waals surface area contributed by atoms with E-state index < -0.39 is 12.2 Å². The SMILES string of the molecule is O=C=NCCC(O[C@@H]1COC2C1OC[C@H]2OC(CCN=C=O)c1ccco1)c1ccco1. The molecule has 0 radical (unpaired) electrons. The van der Waals surface area contributed by atoms with Crippen LogP contribution in [0.4, 0.5) is 0 Å². The summed E-state index contributed by atoms with van der Waals surface area (Å²) in [5.41, 5.74) is 0. The molecule has 10 nitrogen and oxygen atoms in total. The third-order valence-corrected chi connectivity index (χ3v) is 5.50. The van der Waals surface area contributed by atoms with Gasteiger partial charge in [0.05, 0.1) is 38.8 Å². The van der Waals surface area contributed by atoms with E-state index in [0.717, 1.165) is 0 Å². The summed E-state index contributed by atoms with van der Waals surface area (Å²) < 4.78 is 35.5. The Hall–Kier alpha value is -2.84. The highest BCUT2D eigenvalue weighted by Crippen LogP contribution is 2.36. The Bertz CT molecular complexity index is 842. The monoisotopic (exact) mass is 444 g/mol. The zero-order chi connectivity index (χ0) is 22.2. The predicted molar refractivity (Wildman–Crippen MR) is 107 cm³/mol. The summed E-state index contributed by atoms with van der Waals surface area (Å²) in [6.07, 6.45) is 5.10. The molecule has 4 rings (SSSR count). The molecule has 2 fully saturated rings. The Labute approximate surface area is 184 Å². The molecule has 170 valence electrons. The molecule has 0 spiro atoms. The van der Waals surface area contributed by atoms with Crippen molar-refractivity contribution in [1.82, 2.24) is 0 Å². The molecule has 0 aliphatic carbocycles. The number of furan rings is 2. The van der Waals surface area contributed by atoms with Crippen molar-refractivity contribution in [3.8, 4) is 0 Å². The van der Waals surface area contributed by atoms with E-state index in [4.69, 9.17) is 27.8 Å². The molecular formula is C22H24N2O8. The fraction of sp³-hybridized carbons (Fsp3) is 0.545. The van der Waals surface area contributed by atoms with Gasteiger partial charge in [-0.3, -0.25) is 0 Å². The third-order valence-electron chi connectivity index (χ3n) is 5.50. The summed E-state index contributed by atoms with van der Waals surface area (Å²) in [6.45, 7) is 1.23. The van der Waals surface area contributed by atoms with E-state index in [0.29, 0.717) is 37.6 Å². The summed E-state index contributed by atoms with van der Waals surface area (Å²) in [6, 6.07) is 7.20. The van der Waals surface area contributed by atoms with E-state index in [1.54, 1.807) is 24.7 Å². The predicted octanol–water partition coefficient (Wildman–Crippen LogP) is 2.67. The van der Waals surface area contributed by atoms with E-state index >= 15 is 0 Å². The highest BCUT2D eigenvalue weighted by Gasteiger charge is 2.50. The van der Waals surface area contributed by atoms with Crippen molar-refractivity contribution in [1.29, 1.82) is 0 Å². The molecule has 0 saturated carbocycles. The van der Waals surface area contributed by atoms with Gasteiger partial charge < -0.3 is 27.8 Å². The number of aliphatic imine (C=N–C) groups is 2. The molecule has 2 aromatic rings. The average Bonchev–Trinajstić information content (AvgIpc) is 3.60. The Morgan fingerprint density at radius 2 is 1.31 bits per heavy atom. The van der Waals surface area contributed by atoms with Crippen LogP contribution in [-0.2, 0) is 28.5 Å². The van der Waals surface area contributed by atoms with Gasteiger partial charge in [-0.25, -0.2) is 19.6 Å². The highest BCUT2D eigenvalue weighted by molar-refractivity contribution is 5.33. The molecule has 2 aliphatic heterocycles. The number of rotatable bonds is 12. The number of ether oxygens (including phenoxy) is 4. The molecule has 0 aromatic carbocycles. The van der Waals surface area contributed by atoms with Crippen molar-refractivity contribution < 1.29 is 37.4 Å². The van der Waals surface area contributed by atoms with Crippen molar-refractivity contribution >= 4 is 12.2 Å². The first-order valence-corrected chi connectivity index (χ1v) is 10.5. The summed E-state index contributed by atoms with van der Waals surface area (Å²) in [4.78, 5) is 28.1. The summed E-state index contributed by atoms with van der Waals surface area (Å²) in [5.74, 6) is 1.29. The normalized spacial score (nSPS) is 26.1. The standard InChI is InChI=1S/C22H24N2O8/c25-13-23-7-5-17(15-3-1-9-27-15)31-19-11-29-22-20(12-30-21(19)22)32-18(6-8-24-14-26)16-4-2-10-28-16/h1-4,9-10,17-22H,5-8,11-12H2/t17?,18?,19-,20-,21?,22?/m1/s1. The Morgan fingerprint density at radius 1 is 0.844 bits per heavy atom. The number of isocyanates is 2. The second-order valence-electron chi connectivity index (χ2n) is 7.48. The van der Waals surface area contributed by atoms with Gasteiger partial charge in [0.15, 0.2) is 0 Å². The maximum atomic E-state index is 10.4. The van der Waals surface area contributed by atoms with Crippen LogP contribution in [-0.4, -0.2) is 62.9 Å². The van der Waals surface area contributed by atoms with Crippen LogP contribution in [0.1, 0.15) is 36.6 Å². The lowest BCUT2D eigenvalue weighted by molar-refractivity contribution is -0.0954. The second-order valence-corrected chi connectivity index (χ2v) is 7.48. The van der Waals surface area contributed by atoms with Crippen LogP contribution in [0.3, 0.4) is 0 Å². The lowest BCUT2D eigenvalue weighted by Gasteiger charge is -2.23. The minimum absolute atomic E-state index is 0.275. The Kier molecular flexibility index (Phi) is 7.79. The quantitative estimate of drug-likeness (QED) is 0.362. The highest BCUT2D eigenvalue weighted by atomic mass is 16.6. The maximum absolute atomic E-state index is 10.4. The van der Waals surface area contributed by atoms with Gasteiger partial charge >= 0.3 is 0 Å². The van der Waals surface area contributed by atoms with E-state index in [-0.39, 0.29) is 37.5 Å². The first kappa shape index (κ1) is 22.4. The van der Waals surface area contributed by atoms with Gasteiger partial charge in [-0.05, 0) is 24.3 Å². The molecule has 32 heavy (non-hydrogen) atoms. The minimum atomic E-state index is -0.393. The van der Waals surface area contributed by atoms with E-state index in [1.807, 2.05) is 12.1 Å². The molecule has 10 heteroatoms. The molecular weight excluding hydrogens is 420 g/mol. The molecule has 0 N–H and O–H groups in total. The van der Waals surface area contributed by atoms with Crippen molar-refractivity contribution in [3.63, 3.8) is 0 Å². The van der Waals surface area contributed by atoms with E-state index in [9.17, 15) is 9.59 Å². The first-order valence-electron chi connectivity index (χ1n) is 10.5. The van der Waals surface area contributed by atoms with Crippen LogP contribution in [0.15, 0.2) is 55.6 Å². The van der Waals surface area contributed by atoms with Gasteiger partial charge in [0.2, 0.25) is 12.2 Å². The smallest absolute Gasteiger partial charge is 0.234 e. The molecule has 0 amide bonds. The Balaban J connectivity index is 1.38.